The molecule has 1 heterocycles. The van der Waals surface area contributed by atoms with E-state index >= 15 is 0 Å². The van der Waals surface area contributed by atoms with Crippen LogP contribution in [0.3, 0.4) is 0 Å². The summed E-state index contributed by atoms with van der Waals surface area (Å²) in [5, 5.41) is 0. The van der Waals surface area contributed by atoms with E-state index in [4.69, 9.17) is 0 Å². The van der Waals surface area contributed by atoms with Crippen LogP contribution in [0.1, 0.15) is 34.1 Å². The SMILES string of the molecule is CC1=C(N2CCN(C)CC2)C(=O)c2ccccc2C(=O)C1. The van der Waals surface area contributed by atoms with Gasteiger partial charge in [-0.3, -0.25) is 9.59 Å². The molecule has 1 fully saturated rings. The van der Waals surface area contributed by atoms with Gasteiger partial charge in [0, 0.05) is 43.7 Å². The van der Waals surface area contributed by atoms with Gasteiger partial charge in [0.25, 0.3) is 0 Å². The summed E-state index contributed by atoms with van der Waals surface area (Å²) in [7, 11) is 2.09. The topological polar surface area (TPSA) is 40.6 Å². The van der Waals surface area contributed by atoms with E-state index in [2.05, 4.69) is 16.8 Å². The number of piperazine rings is 1. The standard InChI is InChI=1S/C17H20N2O2/c1-12-11-15(20)13-5-3-4-6-14(13)17(21)16(12)19-9-7-18(2)8-10-19/h3-6H,7-11H2,1-2H3. The molecule has 0 aromatic heterocycles. The Labute approximate surface area is 125 Å². The molecule has 3 rings (SSSR count). The fourth-order valence-electron chi connectivity index (χ4n) is 3.11. The number of hydrogen-bond donors (Lipinski definition) is 0. The average Bonchev–Trinajstić information content (AvgIpc) is 2.57. The second-order valence-electron chi connectivity index (χ2n) is 5.89. The van der Waals surface area contributed by atoms with E-state index in [1.165, 1.54) is 0 Å². The Morgan fingerprint density at radius 1 is 0.952 bits per heavy atom. The minimum Gasteiger partial charge on any atom is -0.366 e. The summed E-state index contributed by atoms with van der Waals surface area (Å²) < 4.78 is 0. The van der Waals surface area contributed by atoms with Gasteiger partial charge in [-0.15, -0.1) is 0 Å². The number of ketones is 2. The van der Waals surface area contributed by atoms with Crippen molar-refractivity contribution in [1.29, 1.82) is 0 Å². The van der Waals surface area contributed by atoms with E-state index in [0.717, 1.165) is 37.4 Å². The Morgan fingerprint density at radius 3 is 2.24 bits per heavy atom. The number of allylic oxidation sites excluding steroid dienone is 2. The van der Waals surface area contributed by atoms with Crippen LogP contribution in [0.15, 0.2) is 35.5 Å². The third-order valence-electron chi connectivity index (χ3n) is 4.34. The predicted octanol–water partition coefficient (Wildman–Crippen LogP) is 1.98. The van der Waals surface area contributed by atoms with Gasteiger partial charge >= 0.3 is 0 Å². The molecule has 0 N–H and O–H groups in total. The maximum absolute atomic E-state index is 12.9. The molecule has 4 heteroatoms. The molecule has 0 spiro atoms. The first-order valence-corrected chi connectivity index (χ1v) is 7.38. The Morgan fingerprint density at radius 2 is 1.57 bits per heavy atom. The number of Topliss-reactive ketones (excluding diaryl/α,β-unsaturated/α-hetero) is 2. The molecule has 1 saturated heterocycles. The summed E-state index contributed by atoms with van der Waals surface area (Å²) in [5.41, 5.74) is 2.74. The van der Waals surface area contributed by atoms with E-state index in [9.17, 15) is 9.59 Å². The number of rotatable bonds is 1. The molecule has 1 aromatic rings. The average molecular weight is 284 g/mol. The number of nitrogens with zero attached hydrogens (tertiary/aromatic N) is 2. The Kier molecular flexibility index (Phi) is 3.64. The van der Waals surface area contributed by atoms with E-state index in [0.29, 0.717) is 17.5 Å². The largest absolute Gasteiger partial charge is 0.366 e. The van der Waals surface area contributed by atoms with Crippen molar-refractivity contribution in [2.24, 2.45) is 0 Å². The van der Waals surface area contributed by atoms with Gasteiger partial charge < -0.3 is 9.80 Å². The van der Waals surface area contributed by atoms with Crippen LogP contribution in [0.2, 0.25) is 0 Å². The molecule has 0 unspecified atom stereocenters. The molecule has 0 saturated carbocycles. The first kappa shape index (κ1) is 14.0. The second kappa shape index (κ2) is 5.45. The van der Waals surface area contributed by atoms with Crippen LogP contribution in [0.25, 0.3) is 0 Å². The highest BCUT2D eigenvalue weighted by Crippen LogP contribution is 2.27. The van der Waals surface area contributed by atoms with E-state index < -0.39 is 0 Å². The second-order valence-corrected chi connectivity index (χ2v) is 5.89. The fourth-order valence-corrected chi connectivity index (χ4v) is 3.11. The number of carbonyl (C=O) groups excluding carboxylic acids is 2. The van der Waals surface area contributed by atoms with Crippen LogP contribution >= 0.6 is 0 Å². The van der Waals surface area contributed by atoms with Gasteiger partial charge in [0.1, 0.15) is 0 Å². The van der Waals surface area contributed by atoms with Crippen molar-refractivity contribution in [3.63, 3.8) is 0 Å². The van der Waals surface area contributed by atoms with Crippen LogP contribution in [0, 0.1) is 0 Å². The maximum Gasteiger partial charge on any atom is 0.209 e. The molecule has 1 aliphatic carbocycles. The summed E-state index contributed by atoms with van der Waals surface area (Å²) in [6.07, 6.45) is 0.338. The number of hydrogen-bond acceptors (Lipinski definition) is 4. The van der Waals surface area contributed by atoms with Gasteiger partial charge in [-0.25, -0.2) is 0 Å². The quantitative estimate of drug-likeness (QED) is 0.790. The van der Waals surface area contributed by atoms with Crippen molar-refractivity contribution in [3.8, 4) is 0 Å². The molecular weight excluding hydrogens is 264 g/mol. The van der Waals surface area contributed by atoms with Gasteiger partial charge in [0.2, 0.25) is 5.78 Å². The van der Waals surface area contributed by atoms with Crippen molar-refractivity contribution in [2.75, 3.05) is 33.2 Å². The highest BCUT2D eigenvalue weighted by atomic mass is 16.1. The number of benzene rings is 1. The van der Waals surface area contributed by atoms with Gasteiger partial charge in [0.05, 0.1) is 5.70 Å². The van der Waals surface area contributed by atoms with Gasteiger partial charge in [-0.05, 0) is 19.5 Å². The van der Waals surface area contributed by atoms with Gasteiger partial charge in [-0.2, -0.15) is 0 Å². The summed E-state index contributed by atoms with van der Waals surface area (Å²) >= 11 is 0. The Hall–Kier alpha value is -1.94. The van der Waals surface area contributed by atoms with Crippen LogP contribution < -0.4 is 0 Å². The van der Waals surface area contributed by atoms with Crippen LogP contribution in [0.4, 0.5) is 0 Å². The van der Waals surface area contributed by atoms with Crippen molar-refractivity contribution in [1.82, 2.24) is 9.80 Å². The monoisotopic (exact) mass is 284 g/mol. The van der Waals surface area contributed by atoms with Crippen LogP contribution in [-0.4, -0.2) is 54.6 Å². The van der Waals surface area contributed by atoms with E-state index in [1.54, 1.807) is 12.1 Å². The summed E-state index contributed by atoms with van der Waals surface area (Å²) in [6.45, 7) is 5.48. The molecule has 1 aromatic carbocycles. The predicted molar refractivity (Wildman–Crippen MR) is 81.5 cm³/mol. The molecule has 0 amide bonds. The third-order valence-corrected chi connectivity index (χ3v) is 4.34. The zero-order valence-corrected chi connectivity index (χ0v) is 12.6. The maximum atomic E-state index is 12.9. The van der Waals surface area contributed by atoms with Crippen molar-refractivity contribution in [3.05, 3.63) is 46.7 Å². The number of likely N-dealkylation sites (N-methyl/N-ethyl adjacent to an activating group) is 1. The molecule has 0 atom stereocenters. The zero-order chi connectivity index (χ0) is 15.0. The molecule has 110 valence electrons. The Balaban J connectivity index is 2.01. The molecule has 4 nitrogen and oxygen atoms in total. The van der Waals surface area contributed by atoms with Gasteiger partial charge in [-0.1, -0.05) is 24.3 Å². The minimum atomic E-state index is -0.00139. The summed E-state index contributed by atoms with van der Waals surface area (Å²) in [5.74, 6) is 0.0408. The lowest BCUT2D eigenvalue weighted by molar-refractivity contribution is 0.0956. The number of fused-ring (bicyclic) bond motifs is 1. The highest BCUT2D eigenvalue weighted by Gasteiger charge is 2.30. The van der Waals surface area contributed by atoms with Crippen molar-refractivity contribution in [2.45, 2.75) is 13.3 Å². The third kappa shape index (κ3) is 2.51. The van der Waals surface area contributed by atoms with Gasteiger partial charge in [0.15, 0.2) is 5.78 Å². The molecule has 21 heavy (non-hydrogen) atoms. The first-order valence-electron chi connectivity index (χ1n) is 7.38. The molecule has 1 aliphatic heterocycles. The summed E-state index contributed by atoms with van der Waals surface area (Å²) in [4.78, 5) is 29.6. The van der Waals surface area contributed by atoms with Crippen LogP contribution in [0.5, 0.6) is 0 Å². The number of carbonyl (C=O) groups is 2. The lowest BCUT2D eigenvalue weighted by atomic mass is 10.0. The molecule has 2 aliphatic rings. The molecule has 0 radical (unpaired) electrons. The lowest BCUT2D eigenvalue weighted by Crippen LogP contribution is -2.45. The molecule has 0 bridgehead atoms. The highest BCUT2D eigenvalue weighted by molar-refractivity contribution is 6.18. The van der Waals surface area contributed by atoms with Crippen molar-refractivity contribution >= 4 is 11.6 Å². The normalized spacial score (nSPS) is 20.6. The first-order chi connectivity index (χ1) is 10.1. The van der Waals surface area contributed by atoms with Crippen molar-refractivity contribution < 1.29 is 9.59 Å². The minimum absolute atomic E-state index is 0.00139. The lowest BCUT2D eigenvalue weighted by Gasteiger charge is -2.35. The molecular formula is C17H20N2O2. The zero-order valence-electron chi connectivity index (χ0n) is 12.6. The van der Waals surface area contributed by atoms with E-state index in [1.807, 2.05) is 19.1 Å². The smallest absolute Gasteiger partial charge is 0.209 e. The van der Waals surface area contributed by atoms with E-state index in [-0.39, 0.29) is 11.6 Å². The Bertz CT molecular complexity index is 625. The van der Waals surface area contributed by atoms with Crippen LogP contribution in [-0.2, 0) is 0 Å². The fraction of sp³-hybridized carbons (Fsp3) is 0.412. The summed E-state index contributed by atoms with van der Waals surface area (Å²) in [6, 6.07) is 7.17.